The Morgan fingerprint density at radius 1 is 1.44 bits per heavy atom. The van der Waals surface area contributed by atoms with Crippen molar-refractivity contribution in [1.82, 2.24) is 4.90 Å². The minimum atomic E-state index is -1.17. The first kappa shape index (κ1) is 14.5. The van der Waals surface area contributed by atoms with E-state index >= 15 is 0 Å². The number of likely N-dealkylation sites (tertiary alicyclic amines) is 1. The molecule has 18 heavy (non-hydrogen) atoms. The van der Waals surface area contributed by atoms with Gasteiger partial charge in [-0.2, -0.15) is 0 Å². The van der Waals surface area contributed by atoms with Crippen molar-refractivity contribution in [2.75, 3.05) is 6.61 Å². The zero-order chi connectivity index (χ0) is 13.9. The lowest BCUT2D eigenvalue weighted by molar-refractivity contribution is -0.145. The molecule has 1 unspecified atom stereocenters. The van der Waals surface area contributed by atoms with E-state index in [0.29, 0.717) is 11.3 Å². The van der Waals surface area contributed by atoms with E-state index in [2.05, 4.69) is 0 Å². The first-order valence-corrected chi connectivity index (χ1v) is 5.94. The fourth-order valence-electron chi connectivity index (χ4n) is 1.66. The van der Waals surface area contributed by atoms with Crippen molar-refractivity contribution >= 4 is 18.0 Å². The molecule has 1 saturated heterocycles. The average Bonchev–Trinajstić information content (AvgIpc) is 2.58. The molecule has 0 radical (unpaired) electrons. The minimum Gasteiger partial charge on any atom is -0.480 e. The largest absolute Gasteiger partial charge is 0.480 e. The summed E-state index contributed by atoms with van der Waals surface area (Å²) >= 11 is 0. The Morgan fingerprint density at radius 3 is 2.56 bits per heavy atom. The van der Waals surface area contributed by atoms with Crippen molar-refractivity contribution in [3.63, 3.8) is 0 Å². The Morgan fingerprint density at radius 2 is 2.06 bits per heavy atom. The van der Waals surface area contributed by atoms with Gasteiger partial charge < -0.3 is 9.84 Å². The molecule has 0 saturated carbocycles. The maximum atomic E-state index is 11.7. The van der Waals surface area contributed by atoms with Crippen molar-refractivity contribution in [2.45, 2.75) is 46.1 Å². The van der Waals surface area contributed by atoms with Crippen molar-refractivity contribution in [3.8, 4) is 0 Å². The van der Waals surface area contributed by atoms with Crippen LogP contribution in [-0.2, 0) is 14.3 Å². The number of amides is 2. The van der Waals surface area contributed by atoms with Crippen LogP contribution < -0.4 is 0 Å². The summed E-state index contributed by atoms with van der Waals surface area (Å²) in [6.45, 7) is 6.18. The van der Waals surface area contributed by atoms with Gasteiger partial charge in [-0.05, 0) is 18.3 Å². The smallest absolute Gasteiger partial charge is 0.417 e. The molecule has 6 nitrogen and oxygen atoms in total. The third-order valence-corrected chi connectivity index (χ3v) is 2.77. The van der Waals surface area contributed by atoms with Gasteiger partial charge in [0, 0.05) is 6.42 Å². The highest BCUT2D eigenvalue weighted by Gasteiger charge is 2.41. The summed E-state index contributed by atoms with van der Waals surface area (Å²) in [6, 6.07) is -1.08. The quantitative estimate of drug-likeness (QED) is 0.830. The van der Waals surface area contributed by atoms with Crippen LogP contribution in [0.1, 0.15) is 40.0 Å². The van der Waals surface area contributed by atoms with Crippen molar-refractivity contribution in [2.24, 2.45) is 5.41 Å². The van der Waals surface area contributed by atoms with E-state index < -0.39 is 24.0 Å². The molecule has 6 heteroatoms. The van der Waals surface area contributed by atoms with Gasteiger partial charge in [-0.25, -0.2) is 14.5 Å². The number of ether oxygens (including phenoxy) is 1. The second kappa shape index (κ2) is 5.37. The van der Waals surface area contributed by atoms with Crippen LogP contribution in [0.5, 0.6) is 0 Å². The molecule has 0 aliphatic carbocycles. The number of hydrogen-bond donors (Lipinski definition) is 1. The molecule has 1 heterocycles. The molecular weight excluding hydrogens is 238 g/mol. The molecule has 1 N–H and O–H groups in total. The first-order chi connectivity index (χ1) is 8.22. The van der Waals surface area contributed by atoms with E-state index in [9.17, 15) is 14.4 Å². The third-order valence-electron chi connectivity index (χ3n) is 2.77. The molecule has 1 aliphatic heterocycles. The van der Waals surface area contributed by atoms with Crippen LogP contribution in [0.25, 0.3) is 0 Å². The van der Waals surface area contributed by atoms with Crippen LogP contribution in [0.15, 0.2) is 0 Å². The summed E-state index contributed by atoms with van der Waals surface area (Å²) in [5.74, 6) is -1.66. The van der Waals surface area contributed by atoms with Gasteiger partial charge in [0.25, 0.3) is 0 Å². The molecule has 0 aromatic rings. The van der Waals surface area contributed by atoms with Gasteiger partial charge in [-0.15, -0.1) is 0 Å². The maximum absolute atomic E-state index is 11.7. The number of imide groups is 1. The Kier molecular flexibility index (Phi) is 4.32. The number of carbonyl (C=O) groups is 3. The van der Waals surface area contributed by atoms with E-state index in [1.165, 1.54) is 0 Å². The van der Waals surface area contributed by atoms with Crippen LogP contribution in [0.3, 0.4) is 0 Å². The molecule has 0 spiro atoms. The predicted octanol–water partition coefficient (Wildman–Crippen LogP) is 1.63. The summed E-state index contributed by atoms with van der Waals surface area (Å²) in [5, 5.41) is 8.90. The second-order valence-corrected chi connectivity index (χ2v) is 5.58. The van der Waals surface area contributed by atoms with E-state index in [1.807, 2.05) is 20.8 Å². The molecule has 0 bridgehead atoms. The number of aliphatic carboxylic acids is 1. The topological polar surface area (TPSA) is 83.9 Å². The monoisotopic (exact) mass is 257 g/mol. The van der Waals surface area contributed by atoms with E-state index in [0.717, 1.165) is 0 Å². The maximum Gasteiger partial charge on any atom is 0.417 e. The number of hydrogen-bond acceptors (Lipinski definition) is 4. The molecule has 1 aliphatic rings. The summed E-state index contributed by atoms with van der Waals surface area (Å²) in [7, 11) is 0. The van der Waals surface area contributed by atoms with Crippen LogP contribution in [0, 0.1) is 5.41 Å². The Hall–Kier alpha value is -1.59. The molecule has 1 rings (SSSR count). The van der Waals surface area contributed by atoms with Crippen LogP contribution >= 0.6 is 0 Å². The minimum absolute atomic E-state index is 0.0154. The number of carboxylic acid groups (broad SMARTS) is 1. The van der Waals surface area contributed by atoms with Crippen LogP contribution in [0.2, 0.25) is 0 Å². The number of nitrogens with zero attached hydrogens (tertiary/aromatic N) is 1. The molecule has 102 valence electrons. The molecule has 2 amide bonds. The molecular formula is C12H19NO5. The van der Waals surface area contributed by atoms with Gasteiger partial charge in [0.2, 0.25) is 5.91 Å². The molecule has 0 aromatic carbocycles. The lowest BCUT2D eigenvalue weighted by Gasteiger charge is -2.21. The molecule has 1 fully saturated rings. The van der Waals surface area contributed by atoms with Crippen LogP contribution in [0.4, 0.5) is 4.79 Å². The van der Waals surface area contributed by atoms with Gasteiger partial charge in [-0.1, -0.05) is 20.8 Å². The van der Waals surface area contributed by atoms with E-state index in [1.54, 1.807) is 0 Å². The Balaban J connectivity index is 2.54. The second-order valence-electron chi connectivity index (χ2n) is 5.58. The fraction of sp³-hybridized carbons (Fsp3) is 0.750. The predicted molar refractivity (Wildman–Crippen MR) is 62.9 cm³/mol. The summed E-state index contributed by atoms with van der Waals surface area (Å²) in [4.78, 5) is 34.7. The normalized spacial score (nSPS) is 20.1. The Labute approximate surface area is 106 Å². The van der Waals surface area contributed by atoms with Crippen LogP contribution in [-0.4, -0.2) is 40.6 Å². The van der Waals surface area contributed by atoms with Gasteiger partial charge in [0.1, 0.15) is 6.04 Å². The number of rotatable bonds is 3. The van der Waals surface area contributed by atoms with Gasteiger partial charge in [-0.3, -0.25) is 4.79 Å². The average molecular weight is 257 g/mol. The van der Waals surface area contributed by atoms with E-state index in [4.69, 9.17) is 9.84 Å². The lowest BCUT2D eigenvalue weighted by atomic mass is 9.93. The molecule has 1 atom stereocenters. The fourth-order valence-corrected chi connectivity index (χ4v) is 1.66. The molecule has 0 aromatic heterocycles. The van der Waals surface area contributed by atoms with Gasteiger partial charge >= 0.3 is 12.1 Å². The standard InChI is InChI=1S/C12H19NO5/c1-12(2,3)6-7-18-11(17)13-8(10(15)16)4-5-9(13)14/h8H,4-7H2,1-3H3,(H,15,16). The number of carbonyl (C=O) groups excluding carboxylic acids is 2. The van der Waals surface area contributed by atoms with E-state index in [-0.39, 0.29) is 24.9 Å². The van der Waals surface area contributed by atoms with Crippen molar-refractivity contribution < 1.29 is 24.2 Å². The summed E-state index contributed by atoms with van der Waals surface area (Å²) in [5.41, 5.74) is 0.0154. The summed E-state index contributed by atoms with van der Waals surface area (Å²) in [6.07, 6.45) is 0.0287. The lowest BCUT2D eigenvalue weighted by Crippen LogP contribution is -2.43. The highest BCUT2D eigenvalue weighted by Crippen LogP contribution is 2.21. The van der Waals surface area contributed by atoms with Crippen molar-refractivity contribution in [3.05, 3.63) is 0 Å². The first-order valence-electron chi connectivity index (χ1n) is 5.94. The highest BCUT2D eigenvalue weighted by atomic mass is 16.6. The van der Waals surface area contributed by atoms with Crippen molar-refractivity contribution in [1.29, 1.82) is 0 Å². The summed E-state index contributed by atoms with van der Waals surface area (Å²) < 4.78 is 4.96. The highest BCUT2D eigenvalue weighted by molar-refractivity contribution is 5.99. The van der Waals surface area contributed by atoms with Gasteiger partial charge in [0.05, 0.1) is 6.61 Å². The zero-order valence-electron chi connectivity index (χ0n) is 10.9. The third kappa shape index (κ3) is 3.72. The zero-order valence-corrected chi connectivity index (χ0v) is 10.9. The van der Waals surface area contributed by atoms with Gasteiger partial charge in [0.15, 0.2) is 0 Å². The Bertz CT molecular complexity index is 358. The SMILES string of the molecule is CC(C)(C)CCOC(=O)N1C(=O)CCC1C(=O)O. The number of carboxylic acids is 1.